The van der Waals surface area contributed by atoms with Gasteiger partial charge in [0.05, 0.1) is 24.0 Å². The lowest BCUT2D eigenvalue weighted by molar-refractivity contribution is 0.247. The van der Waals surface area contributed by atoms with E-state index in [0.717, 1.165) is 23.6 Å². The second-order valence-electron chi connectivity index (χ2n) is 6.14. The quantitative estimate of drug-likeness (QED) is 0.665. The number of hydrogen-bond acceptors (Lipinski definition) is 3. The summed E-state index contributed by atoms with van der Waals surface area (Å²) in [6, 6.07) is 11.0. The highest BCUT2D eigenvalue weighted by Gasteiger charge is 2.16. The topological polar surface area (TPSA) is 73.1 Å². The van der Waals surface area contributed by atoms with E-state index < -0.39 is 0 Å². The van der Waals surface area contributed by atoms with Gasteiger partial charge in [-0.05, 0) is 49.7 Å². The summed E-state index contributed by atoms with van der Waals surface area (Å²) in [5.41, 5.74) is 2.53. The number of aromatic nitrogens is 3. The van der Waals surface area contributed by atoms with E-state index in [-0.39, 0.29) is 12.1 Å². The number of nitrogens with zero attached hydrogens (tertiary/aromatic N) is 3. The van der Waals surface area contributed by atoms with Crippen molar-refractivity contribution in [3.05, 3.63) is 60.7 Å². The van der Waals surface area contributed by atoms with Crippen LogP contribution in [0.4, 0.5) is 10.5 Å². The van der Waals surface area contributed by atoms with Crippen molar-refractivity contribution in [3.63, 3.8) is 0 Å². The Kier molecular flexibility index (Phi) is 5.80. The molecule has 7 heteroatoms. The van der Waals surface area contributed by atoms with Crippen molar-refractivity contribution >= 4 is 11.7 Å². The predicted octanol–water partition coefficient (Wildman–Crippen LogP) is 3.88. The molecule has 2 N–H and O–H groups in total. The lowest BCUT2D eigenvalue weighted by Gasteiger charge is -2.18. The zero-order valence-electron chi connectivity index (χ0n) is 15.8. The second kappa shape index (κ2) is 8.44. The van der Waals surface area contributed by atoms with Crippen LogP contribution in [0.15, 0.2) is 55.0 Å². The van der Waals surface area contributed by atoms with Crippen molar-refractivity contribution in [1.29, 1.82) is 0 Å². The molecule has 0 aliphatic carbocycles. The highest BCUT2D eigenvalue weighted by atomic mass is 16.5. The Morgan fingerprint density at radius 2 is 2.00 bits per heavy atom. The van der Waals surface area contributed by atoms with E-state index in [2.05, 4.69) is 15.7 Å². The zero-order chi connectivity index (χ0) is 19.2. The van der Waals surface area contributed by atoms with Gasteiger partial charge in [-0.2, -0.15) is 5.10 Å². The summed E-state index contributed by atoms with van der Waals surface area (Å²) in [5, 5.41) is 10.1. The first-order chi connectivity index (χ1) is 13.1. The number of carbonyl (C=O) groups is 1. The molecule has 0 fully saturated rings. The molecule has 0 aliphatic rings. The molecule has 0 saturated carbocycles. The van der Waals surface area contributed by atoms with Gasteiger partial charge >= 0.3 is 6.03 Å². The van der Waals surface area contributed by atoms with Gasteiger partial charge in [-0.25, -0.2) is 4.79 Å². The molecule has 0 radical (unpaired) electrons. The predicted molar refractivity (Wildman–Crippen MR) is 105 cm³/mol. The summed E-state index contributed by atoms with van der Waals surface area (Å²) in [5.74, 6) is 0.765. The molecule has 0 spiro atoms. The molecule has 2 amide bonds. The van der Waals surface area contributed by atoms with Gasteiger partial charge < -0.3 is 19.9 Å². The van der Waals surface area contributed by atoms with Crippen molar-refractivity contribution in [3.8, 4) is 11.4 Å². The van der Waals surface area contributed by atoms with Gasteiger partial charge in [0.25, 0.3) is 0 Å². The first-order valence-electron chi connectivity index (χ1n) is 9.08. The van der Waals surface area contributed by atoms with E-state index in [9.17, 15) is 4.79 Å². The molecular formula is C20H25N5O2. The Morgan fingerprint density at radius 1 is 1.22 bits per heavy atom. The molecule has 1 atom stereocenters. The summed E-state index contributed by atoms with van der Waals surface area (Å²) < 4.78 is 9.44. The largest absolute Gasteiger partial charge is 0.492 e. The average Bonchev–Trinajstić information content (AvgIpc) is 3.33. The second-order valence-corrected chi connectivity index (χ2v) is 6.14. The van der Waals surface area contributed by atoms with E-state index >= 15 is 0 Å². The third kappa shape index (κ3) is 4.31. The molecule has 0 saturated heterocycles. The summed E-state index contributed by atoms with van der Waals surface area (Å²) in [4.78, 5) is 12.5. The number of aryl methyl sites for hydroxylation is 1. The molecular weight excluding hydrogens is 342 g/mol. The van der Waals surface area contributed by atoms with E-state index in [1.54, 1.807) is 10.9 Å². The summed E-state index contributed by atoms with van der Waals surface area (Å²) >= 11 is 0. The SMILES string of the molecule is CCOc1ccc(NC(=O)N[C@H](CC)c2ccnn2C)cc1-n1cccc1. The number of amides is 2. The lowest BCUT2D eigenvalue weighted by Crippen LogP contribution is -2.33. The van der Waals surface area contributed by atoms with Crippen molar-refractivity contribution in [2.75, 3.05) is 11.9 Å². The number of anilines is 1. The minimum atomic E-state index is -0.259. The van der Waals surface area contributed by atoms with Crippen LogP contribution in [0.1, 0.15) is 32.0 Å². The average molecular weight is 367 g/mol. The minimum absolute atomic E-state index is 0.107. The van der Waals surface area contributed by atoms with Gasteiger partial charge in [-0.1, -0.05) is 6.92 Å². The third-order valence-corrected chi connectivity index (χ3v) is 4.33. The number of carbonyl (C=O) groups excluding carboxylic acids is 1. The van der Waals surface area contributed by atoms with Gasteiger partial charge in [0, 0.05) is 31.3 Å². The van der Waals surface area contributed by atoms with Crippen LogP contribution in [0.25, 0.3) is 5.69 Å². The van der Waals surface area contributed by atoms with E-state index in [4.69, 9.17) is 4.74 Å². The van der Waals surface area contributed by atoms with Gasteiger partial charge in [0.1, 0.15) is 5.75 Å². The Labute approximate surface area is 159 Å². The molecule has 0 bridgehead atoms. The first-order valence-corrected chi connectivity index (χ1v) is 9.08. The summed E-state index contributed by atoms with van der Waals surface area (Å²) in [7, 11) is 1.87. The number of benzene rings is 1. The van der Waals surface area contributed by atoms with E-state index in [1.807, 2.05) is 74.3 Å². The maximum absolute atomic E-state index is 12.5. The summed E-state index contributed by atoms with van der Waals surface area (Å²) in [6.07, 6.45) is 6.38. The number of ether oxygens (including phenoxy) is 1. The van der Waals surface area contributed by atoms with Crippen LogP contribution in [0, 0.1) is 0 Å². The van der Waals surface area contributed by atoms with Gasteiger partial charge in [0.15, 0.2) is 0 Å². The molecule has 3 aromatic rings. The number of rotatable bonds is 7. The van der Waals surface area contributed by atoms with Crippen LogP contribution >= 0.6 is 0 Å². The van der Waals surface area contributed by atoms with Crippen molar-refractivity contribution in [1.82, 2.24) is 19.7 Å². The molecule has 2 aromatic heterocycles. The molecule has 0 unspecified atom stereocenters. The number of nitrogens with one attached hydrogen (secondary N) is 2. The summed E-state index contributed by atoms with van der Waals surface area (Å²) in [6.45, 7) is 4.55. The van der Waals surface area contributed by atoms with Crippen molar-refractivity contribution in [2.45, 2.75) is 26.3 Å². The van der Waals surface area contributed by atoms with Gasteiger partial charge in [-0.15, -0.1) is 0 Å². The molecule has 1 aromatic carbocycles. The maximum atomic E-state index is 12.5. The van der Waals surface area contributed by atoms with Gasteiger partial charge in [0.2, 0.25) is 0 Å². The Hall–Kier alpha value is -3.22. The highest BCUT2D eigenvalue weighted by Crippen LogP contribution is 2.27. The monoisotopic (exact) mass is 367 g/mol. The van der Waals surface area contributed by atoms with Crippen LogP contribution in [-0.4, -0.2) is 27.0 Å². The maximum Gasteiger partial charge on any atom is 0.319 e. The van der Waals surface area contributed by atoms with E-state index in [1.165, 1.54) is 0 Å². The smallest absolute Gasteiger partial charge is 0.319 e. The van der Waals surface area contributed by atoms with Gasteiger partial charge in [-0.3, -0.25) is 4.68 Å². The normalized spacial score (nSPS) is 11.8. The molecule has 2 heterocycles. The van der Waals surface area contributed by atoms with Crippen molar-refractivity contribution in [2.24, 2.45) is 7.05 Å². The molecule has 7 nitrogen and oxygen atoms in total. The lowest BCUT2D eigenvalue weighted by atomic mass is 10.1. The van der Waals surface area contributed by atoms with Crippen molar-refractivity contribution < 1.29 is 9.53 Å². The first kappa shape index (κ1) is 18.6. The Bertz CT molecular complexity index is 886. The zero-order valence-corrected chi connectivity index (χ0v) is 15.8. The van der Waals surface area contributed by atoms with Crippen LogP contribution in [0.5, 0.6) is 5.75 Å². The van der Waals surface area contributed by atoms with Crippen LogP contribution in [0.2, 0.25) is 0 Å². The highest BCUT2D eigenvalue weighted by molar-refractivity contribution is 5.90. The van der Waals surface area contributed by atoms with E-state index in [0.29, 0.717) is 12.3 Å². The molecule has 0 aliphatic heterocycles. The molecule has 142 valence electrons. The molecule has 27 heavy (non-hydrogen) atoms. The third-order valence-electron chi connectivity index (χ3n) is 4.33. The Morgan fingerprint density at radius 3 is 2.63 bits per heavy atom. The number of hydrogen-bond donors (Lipinski definition) is 2. The van der Waals surface area contributed by atoms with Crippen LogP contribution in [0.3, 0.4) is 0 Å². The van der Waals surface area contributed by atoms with Crippen LogP contribution < -0.4 is 15.4 Å². The fraction of sp³-hybridized carbons (Fsp3) is 0.300. The molecule has 3 rings (SSSR count). The number of urea groups is 1. The Balaban J connectivity index is 1.76. The minimum Gasteiger partial charge on any atom is -0.492 e. The standard InChI is InChI=1S/C20H25N5O2/c1-4-16(17-10-11-21-24(17)3)23-20(26)22-15-8-9-19(27-5-2)18(14-15)25-12-6-7-13-25/h6-14,16H,4-5H2,1-3H3,(H2,22,23,26)/t16-/m1/s1. The fourth-order valence-electron chi connectivity index (χ4n) is 3.01. The van der Waals surface area contributed by atoms with Crippen LogP contribution in [-0.2, 0) is 7.05 Å². The fourth-order valence-corrected chi connectivity index (χ4v) is 3.01.